The summed E-state index contributed by atoms with van der Waals surface area (Å²) in [7, 11) is 0. The monoisotopic (exact) mass is 455 g/mol. The van der Waals surface area contributed by atoms with Crippen LogP contribution >= 0.6 is 11.6 Å². The Bertz CT molecular complexity index is 1000. The molecule has 1 saturated carbocycles. The lowest BCUT2D eigenvalue weighted by Crippen LogP contribution is -2.34. The Morgan fingerprint density at radius 1 is 1.12 bits per heavy atom. The molecule has 2 aromatic rings. The van der Waals surface area contributed by atoms with Gasteiger partial charge in [-0.1, -0.05) is 43.0 Å². The minimum Gasteiger partial charge on any atom is -0.481 e. The van der Waals surface area contributed by atoms with Gasteiger partial charge in [-0.25, -0.2) is 5.43 Å². The summed E-state index contributed by atoms with van der Waals surface area (Å²) in [4.78, 5) is 24.9. The maximum atomic E-state index is 12.5. The molecule has 1 aliphatic carbocycles. The molecule has 1 aliphatic rings. The van der Waals surface area contributed by atoms with Crippen LogP contribution in [0.5, 0.6) is 5.75 Å². The second-order valence-corrected chi connectivity index (χ2v) is 8.68. The van der Waals surface area contributed by atoms with Crippen molar-refractivity contribution in [3.05, 3.63) is 58.6 Å². The first-order chi connectivity index (χ1) is 15.3. The van der Waals surface area contributed by atoms with Crippen molar-refractivity contribution in [2.24, 2.45) is 11.0 Å². The van der Waals surface area contributed by atoms with Crippen molar-refractivity contribution in [1.82, 2.24) is 5.43 Å². The van der Waals surface area contributed by atoms with E-state index in [1.54, 1.807) is 32.0 Å². The molecule has 0 spiro atoms. The molecule has 3 rings (SSSR count). The Hall–Kier alpha value is -2.86. The Morgan fingerprint density at radius 2 is 1.88 bits per heavy atom. The van der Waals surface area contributed by atoms with Crippen LogP contribution in [0.3, 0.4) is 0 Å². The van der Waals surface area contributed by atoms with Crippen LogP contribution in [0.1, 0.15) is 57.1 Å². The second-order valence-electron chi connectivity index (χ2n) is 8.25. The van der Waals surface area contributed by atoms with Gasteiger partial charge >= 0.3 is 0 Å². The summed E-state index contributed by atoms with van der Waals surface area (Å²) in [6, 6.07) is 12.7. The summed E-state index contributed by atoms with van der Waals surface area (Å²) < 4.78 is 5.73. The van der Waals surface area contributed by atoms with Crippen molar-refractivity contribution in [2.45, 2.75) is 59.0 Å². The maximum absolute atomic E-state index is 12.5. The van der Waals surface area contributed by atoms with E-state index in [4.69, 9.17) is 16.3 Å². The molecule has 2 aromatic carbocycles. The van der Waals surface area contributed by atoms with Crippen LogP contribution in [0, 0.1) is 12.8 Å². The smallest absolute Gasteiger partial charge is 0.280 e. The second kappa shape index (κ2) is 11.1. The molecular weight excluding hydrogens is 426 g/mol. The number of halogens is 1. The van der Waals surface area contributed by atoms with Gasteiger partial charge in [-0.2, -0.15) is 5.10 Å². The van der Waals surface area contributed by atoms with Gasteiger partial charge in [-0.3, -0.25) is 9.59 Å². The number of nitrogens with zero attached hydrogens (tertiary/aromatic N) is 1. The third kappa shape index (κ3) is 6.57. The van der Waals surface area contributed by atoms with Crippen LogP contribution in [0.2, 0.25) is 5.02 Å². The van der Waals surface area contributed by atoms with Crippen molar-refractivity contribution in [1.29, 1.82) is 0 Å². The number of aryl methyl sites for hydroxylation is 1. The van der Waals surface area contributed by atoms with E-state index >= 15 is 0 Å². The van der Waals surface area contributed by atoms with Gasteiger partial charge in [0.15, 0.2) is 6.10 Å². The van der Waals surface area contributed by atoms with Crippen molar-refractivity contribution in [3.63, 3.8) is 0 Å². The first-order valence-electron chi connectivity index (χ1n) is 11.0. The molecule has 7 heteroatoms. The highest BCUT2D eigenvalue weighted by Crippen LogP contribution is 2.25. The quantitative estimate of drug-likeness (QED) is 0.428. The summed E-state index contributed by atoms with van der Waals surface area (Å²) in [5.41, 5.74) is 5.58. The van der Waals surface area contributed by atoms with Crippen LogP contribution in [0.15, 0.2) is 47.6 Å². The largest absolute Gasteiger partial charge is 0.481 e. The van der Waals surface area contributed by atoms with Crippen LogP contribution in [-0.2, 0) is 9.59 Å². The SMILES string of the molecule is CC(=NNC(=O)C(C)Oc1ccc(Cl)cc1C)c1cccc(NC(=O)C2CCCCC2)c1. The summed E-state index contributed by atoms with van der Waals surface area (Å²) in [6.45, 7) is 5.33. The Labute approximate surface area is 194 Å². The van der Waals surface area contributed by atoms with Gasteiger partial charge in [0.1, 0.15) is 5.75 Å². The van der Waals surface area contributed by atoms with Gasteiger partial charge < -0.3 is 10.1 Å². The Balaban J connectivity index is 1.58. The van der Waals surface area contributed by atoms with E-state index < -0.39 is 6.10 Å². The number of nitrogens with one attached hydrogen (secondary N) is 2. The predicted octanol–water partition coefficient (Wildman–Crippen LogP) is 5.47. The van der Waals surface area contributed by atoms with E-state index in [9.17, 15) is 9.59 Å². The van der Waals surface area contributed by atoms with E-state index in [2.05, 4.69) is 15.8 Å². The van der Waals surface area contributed by atoms with Crippen LogP contribution < -0.4 is 15.5 Å². The fourth-order valence-corrected chi connectivity index (χ4v) is 3.94. The van der Waals surface area contributed by atoms with Crippen LogP contribution in [-0.4, -0.2) is 23.6 Å². The van der Waals surface area contributed by atoms with E-state index in [1.807, 2.05) is 31.2 Å². The molecule has 0 radical (unpaired) electrons. The lowest BCUT2D eigenvalue weighted by atomic mass is 9.88. The third-order valence-electron chi connectivity index (χ3n) is 5.67. The van der Waals surface area contributed by atoms with Crippen molar-refractivity contribution in [2.75, 3.05) is 5.32 Å². The van der Waals surface area contributed by atoms with Gasteiger partial charge in [-0.15, -0.1) is 0 Å². The summed E-state index contributed by atoms with van der Waals surface area (Å²) in [5, 5.41) is 7.84. The molecular formula is C25H30ClN3O3. The van der Waals surface area contributed by atoms with Crippen molar-refractivity contribution < 1.29 is 14.3 Å². The third-order valence-corrected chi connectivity index (χ3v) is 5.90. The molecule has 1 unspecified atom stereocenters. The average Bonchev–Trinajstić information content (AvgIpc) is 2.79. The molecule has 1 fully saturated rings. The molecule has 170 valence electrons. The summed E-state index contributed by atoms with van der Waals surface area (Å²) in [6.07, 6.45) is 4.62. The van der Waals surface area contributed by atoms with E-state index in [1.165, 1.54) is 6.42 Å². The zero-order chi connectivity index (χ0) is 23.1. The Kier molecular flexibility index (Phi) is 8.28. The van der Waals surface area contributed by atoms with Gasteiger partial charge in [0.2, 0.25) is 5.91 Å². The van der Waals surface area contributed by atoms with Crippen molar-refractivity contribution in [3.8, 4) is 5.75 Å². The molecule has 0 aromatic heterocycles. The number of hydrazone groups is 1. The summed E-state index contributed by atoms with van der Waals surface area (Å²) >= 11 is 5.96. The number of anilines is 1. The average molecular weight is 456 g/mol. The predicted molar refractivity (Wildman–Crippen MR) is 128 cm³/mol. The standard InChI is InChI=1S/C25H30ClN3O3/c1-16-14-21(26)12-13-23(16)32-18(3)24(30)29-28-17(2)20-10-7-11-22(15-20)27-25(31)19-8-5-4-6-9-19/h7,10-15,18-19H,4-6,8-9H2,1-3H3,(H,27,31)(H,29,30). The zero-order valence-electron chi connectivity index (χ0n) is 18.8. The van der Waals surface area contributed by atoms with Gasteiger partial charge in [0.05, 0.1) is 5.71 Å². The van der Waals surface area contributed by atoms with Crippen LogP contribution in [0.25, 0.3) is 0 Å². The molecule has 2 amide bonds. The lowest BCUT2D eigenvalue weighted by Gasteiger charge is -2.20. The number of carbonyl (C=O) groups is 2. The minimum atomic E-state index is -0.729. The van der Waals surface area contributed by atoms with E-state index in [0.29, 0.717) is 16.5 Å². The first kappa shape index (κ1) is 23.8. The molecule has 1 atom stereocenters. The number of hydrogen-bond donors (Lipinski definition) is 2. The topological polar surface area (TPSA) is 79.8 Å². The number of amides is 2. The van der Waals surface area contributed by atoms with Gasteiger partial charge in [0.25, 0.3) is 5.91 Å². The van der Waals surface area contributed by atoms with Gasteiger partial charge in [0, 0.05) is 16.6 Å². The minimum absolute atomic E-state index is 0.0770. The lowest BCUT2D eigenvalue weighted by molar-refractivity contribution is -0.127. The fourth-order valence-electron chi connectivity index (χ4n) is 3.71. The highest BCUT2D eigenvalue weighted by atomic mass is 35.5. The molecule has 6 nitrogen and oxygen atoms in total. The number of ether oxygens (including phenoxy) is 1. The maximum Gasteiger partial charge on any atom is 0.280 e. The van der Waals surface area contributed by atoms with Crippen LogP contribution in [0.4, 0.5) is 5.69 Å². The number of rotatable bonds is 7. The fraction of sp³-hybridized carbons (Fsp3) is 0.400. The van der Waals surface area contributed by atoms with E-state index in [0.717, 1.165) is 42.5 Å². The number of carbonyl (C=O) groups excluding carboxylic acids is 2. The number of hydrogen-bond acceptors (Lipinski definition) is 4. The van der Waals surface area contributed by atoms with Crippen molar-refractivity contribution >= 4 is 34.8 Å². The Morgan fingerprint density at radius 3 is 2.59 bits per heavy atom. The molecule has 0 bridgehead atoms. The zero-order valence-corrected chi connectivity index (χ0v) is 19.5. The highest BCUT2D eigenvalue weighted by molar-refractivity contribution is 6.30. The molecule has 2 N–H and O–H groups in total. The molecule has 32 heavy (non-hydrogen) atoms. The molecule has 0 saturated heterocycles. The first-order valence-corrected chi connectivity index (χ1v) is 11.4. The normalized spacial score (nSPS) is 15.7. The summed E-state index contributed by atoms with van der Waals surface area (Å²) in [5.74, 6) is 0.403. The van der Waals surface area contributed by atoms with E-state index in [-0.39, 0.29) is 17.7 Å². The molecule has 0 heterocycles. The van der Waals surface area contributed by atoms with Gasteiger partial charge in [-0.05, 0) is 75.1 Å². The highest BCUT2D eigenvalue weighted by Gasteiger charge is 2.21. The molecule has 0 aliphatic heterocycles. The number of benzene rings is 2.